The molecule has 0 aromatic rings. The van der Waals surface area contributed by atoms with Crippen molar-refractivity contribution in [2.24, 2.45) is 0 Å². The van der Waals surface area contributed by atoms with Gasteiger partial charge in [0.25, 0.3) is 0 Å². The summed E-state index contributed by atoms with van der Waals surface area (Å²) in [6.45, 7) is 1.44. The van der Waals surface area contributed by atoms with Gasteiger partial charge < -0.3 is 9.32 Å². The topological polar surface area (TPSA) is 43.4 Å². The van der Waals surface area contributed by atoms with Crippen LogP contribution in [-0.4, -0.2) is 11.8 Å². The van der Waals surface area contributed by atoms with Gasteiger partial charge in [-0.05, 0) is 6.92 Å². The maximum absolute atomic E-state index is 10.3. The zero-order valence-corrected chi connectivity index (χ0v) is 6.37. The molecule has 9 heavy (non-hydrogen) atoms. The molecule has 3 nitrogen and oxygen atoms in total. The summed E-state index contributed by atoms with van der Waals surface area (Å²) >= 11 is 0. The van der Waals surface area contributed by atoms with E-state index < -0.39 is 0 Å². The lowest BCUT2D eigenvalue weighted by molar-refractivity contribution is -0.134. The zero-order chi connectivity index (χ0) is 7.28. The molecule has 1 atom stereocenters. The van der Waals surface area contributed by atoms with Gasteiger partial charge >= 0.3 is 5.97 Å². The van der Waals surface area contributed by atoms with Crippen molar-refractivity contribution in [1.82, 2.24) is 0 Å². The van der Waals surface area contributed by atoms with Crippen LogP contribution in [0.3, 0.4) is 0 Å². The standard InChI is InChI=1S/C5H9O3P/c1-4(6)2-3-5(7)8-9/h2-3,9H2,1H3. The van der Waals surface area contributed by atoms with E-state index >= 15 is 0 Å². The molecular formula is C5H9O3P. The molecule has 0 heterocycles. The number of ketones is 1. The lowest BCUT2D eigenvalue weighted by atomic mass is 10.2. The summed E-state index contributed by atoms with van der Waals surface area (Å²) in [7, 11) is 1.84. The molecule has 0 saturated carbocycles. The molecule has 0 aliphatic heterocycles. The van der Waals surface area contributed by atoms with Crippen molar-refractivity contribution in [3.63, 3.8) is 0 Å². The van der Waals surface area contributed by atoms with Gasteiger partial charge in [-0.2, -0.15) is 0 Å². The summed E-state index contributed by atoms with van der Waals surface area (Å²) in [5.74, 6) is -0.361. The summed E-state index contributed by atoms with van der Waals surface area (Å²) in [6, 6.07) is 0. The molecule has 0 spiro atoms. The molecule has 0 radical (unpaired) electrons. The van der Waals surface area contributed by atoms with Crippen LogP contribution in [0, 0.1) is 0 Å². The smallest absolute Gasteiger partial charge is 0.308 e. The molecule has 0 fully saturated rings. The van der Waals surface area contributed by atoms with Crippen LogP contribution < -0.4 is 0 Å². The Morgan fingerprint density at radius 3 is 2.33 bits per heavy atom. The second-order valence-electron chi connectivity index (χ2n) is 1.69. The van der Waals surface area contributed by atoms with Crippen molar-refractivity contribution in [2.75, 3.05) is 0 Å². The van der Waals surface area contributed by atoms with Gasteiger partial charge in [0.05, 0.1) is 15.9 Å². The number of Topliss-reactive ketones (excluding diaryl/α,β-unsaturated/α-hetero) is 1. The minimum absolute atomic E-state index is 0.00500. The first-order valence-corrected chi connectivity index (χ1v) is 3.03. The Balaban J connectivity index is 3.28. The fourth-order valence-electron chi connectivity index (χ4n) is 0.337. The lowest BCUT2D eigenvalue weighted by Gasteiger charge is -1.93. The minimum atomic E-state index is -0.366. The van der Waals surface area contributed by atoms with Gasteiger partial charge in [0.15, 0.2) is 0 Å². The van der Waals surface area contributed by atoms with Crippen molar-refractivity contribution in [1.29, 1.82) is 0 Å². The Morgan fingerprint density at radius 2 is 2.00 bits per heavy atom. The Morgan fingerprint density at radius 1 is 1.44 bits per heavy atom. The van der Waals surface area contributed by atoms with Crippen LogP contribution in [0.2, 0.25) is 0 Å². The first-order valence-electron chi connectivity index (χ1n) is 2.56. The Bertz CT molecular complexity index is 121. The van der Waals surface area contributed by atoms with Gasteiger partial charge in [-0.15, -0.1) is 0 Å². The van der Waals surface area contributed by atoms with Gasteiger partial charge in [-0.1, -0.05) is 0 Å². The van der Waals surface area contributed by atoms with E-state index in [0.717, 1.165) is 0 Å². The average Bonchev–Trinajstić information content (AvgIpc) is 1.83. The SMILES string of the molecule is CC(=O)CCC(=O)OP. The molecule has 0 rings (SSSR count). The monoisotopic (exact) mass is 148 g/mol. The summed E-state index contributed by atoms with van der Waals surface area (Å²) in [5, 5.41) is 0. The van der Waals surface area contributed by atoms with Crippen LogP contribution in [0.15, 0.2) is 0 Å². The maximum Gasteiger partial charge on any atom is 0.308 e. The molecule has 52 valence electrons. The summed E-state index contributed by atoms with van der Waals surface area (Å²) in [4.78, 5) is 20.6. The van der Waals surface area contributed by atoms with Crippen molar-refractivity contribution in [2.45, 2.75) is 19.8 Å². The lowest BCUT2D eigenvalue weighted by Crippen LogP contribution is -1.99. The first-order chi connectivity index (χ1) is 4.16. The van der Waals surface area contributed by atoms with E-state index in [2.05, 4.69) is 4.52 Å². The molecule has 0 aromatic heterocycles. The number of hydrogen-bond acceptors (Lipinski definition) is 3. The molecule has 4 heteroatoms. The molecule has 0 aromatic carbocycles. The van der Waals surface area contributed by atoms with E-state index in [1.54, 1.807) is 0 Å². The van der Waals surface area contributed by atoms with Gasteiger partial charge in [0.1, 0.15) is 5.78 Å². The number of rotatable bonds is 3. The Labute approximate surface area is 56.1 Å². The van der Waals surface area contributed by atoms with E-state index in [1.807, 2.05) is 9.47 Å². The zero-order valence-electron chi connectivity index (χ0n) is 5.22. The minimum Gasteiger partial charge on any atom is -0.451 e. The second kappa shape index (κ2) is 4.45. The van der Waals surface area contributed by atoms with E-state index in [9.17, 15) is 9.59 Å². The van der Waals surface area contributed by atoms with Gasteiger partial charge in [-0.25, -0.2) is 0 Å². The number of carbonyl (C=O) groups excluding carboxylic acids is 2. The largest absolute Gasteiger partial charge is 0.451 e. The summed E-state index contributed by atoms with van der Waals surface area (Å²) in [6.07, 6.45) is 0.450. The van der Waals surface area contributed by atoms with Gasteiger partial charge in [0, 0.05) is 6.42 Å². The van der Waals surface area contributed by atoms with E-state index in [4.69, 9.17) is 0 Å². The molecular weight excluding hydrogens is 139 g/mol. The summed E-state index contributed by atoms with van der Waals surface area (Å²) in [5.41, 5.74) is 0. The Hall–Kier alpha value is -0.430. The normalized spacial score (nSPS) is 8.67. The van der Waals surface area contributed by atoms with Crippen LogP contribution in [-0.2, 0) is 14.1 Å². The average molecular weight is 148 g/mol. The highest BCUT2D eigenvalue weighted by atomic mass is 31.0. The van der Waals surface area contributed by atoms with Crippen molar-refractivity contribution in [3.05, 3.63) is 0 Å². The predicted octanol–water partition coefficient (Wildman–Crippen LogP) is 0.689. The van der Waals surface area contributed by atoms with Crippen LogP contribution in [0.25, 0.3) is 0 Å². The third-order valence-electron chi connectivity index (χ3n) is 0.813. The van der Waals surface area contributed by atoms with Crippen molar-refractivity contribution < 1.29 is 14.1 Å². The maximum atomic E-state index is 10.3. The molecule has 0 aliphatic rings. The molecule has 0 aliphatic carbocycles. The highest BCUT2D eigenvalue weighted by Crippen LogP contribution is 1.96. The van der Waals surface area contributed by atoms with Crippen LogP contribution in [0.1, 0.15) is 19.8 Å². The summed E-state index contributed by atoms with van der Waals surface area (Å²) < 4.78 is 4.23. The van der Waals surface area contributed by atoms with E-state index in [1.165, 1.54) is 6.92 Å². The van der Waals surface area contributed by atoms with Crippen LogP contribution in [0.5, 0.6) is 0 Å². The third kappa shape index (κ3) is 5.44. The van der Waals surface area contributed by atoms with Gasteiger partial charge in [0.2, 0.25) is 0 Å². The fraction of sp³-hybridized carbons (Fsp3) is 0.600. The third-order valence-corrected chi connectivity index (χ3v) is 1.08. The highest BCUT2D eigenvalue weighted by Gasteiger charge is 2.00. The quantitative estimate of drug-likeness (QED) is 0.553. The molecule has 1 unspecified atom stereocenters. The van der Waals surface area contributed by atoms with E-state index in [0.29, 0.717) is 0 Å². The van der Waals surface area contributed by atoms with E-state index in [-0.39, 0.29) is 24.6 Å². The first kappa shape index (κ1) is 8.57. The molecule has 0 N–H and O–H groups in total. The number of hydrogen-bond donors (Lipinski definition) is 0. The molecule has 0 amide bonds. The molecule has 0 bridgehead atoms. The number of carbonyl (C=O) groups is 2. The highest BCUT2D eigenvalue weighted by molar-refractivity contribution is 7.10. The molecule has 0 saturated heterocycles. The van der Waals surface area contributed by atoms with Crippen LogP contribution >= 0.6 is 9.47 Å². The van der Waals surface area contributed by atoms with Crippen molar-refractivity contribution in [3.8, 4) is 0 Å². The fourth-order valence-corrected chi connectivity index (χ4v) is 0.455. The predicted molar refractivity (Wildman–Crippen MR) is 35.7 cm³/mol. The Kier molecular flexibility index (Phi) is 4.24. The van der Waals surface area contributed by atoms with Crippen LogP contribution in [0.4, 0.5) is 0 Å². The van der Waals surface area contributed by atoms with Crippen molar-refractivity contribution >= 4 is 21.2 Å². The van der Waals surface area contributed by atoms with Gasteiger partial charge in [-0.3, -0.25) is 4.79 Å². The second-order valence-corrected chi connectivity index (χ2v) is 1.93.